The lowest BCUT2D eigenvalue weighted by Crippen LogP contribution is -2.11. The number of benzene rings is 10. The van der Waals surface area contributed by atoms with Gasteiger partial charge in [-0.15, -0.1) is 0 Å². The second-order valence-corrected chi connectivity index (χ2v) is 15.3. The molecule has 60 heavy (non-hydrogen) atoms. The third-order valence-corrected chi connectivity index (χ3v) is 11.7. The van der Waals surface area contributed by atoms with Gasteiger partial charge in [-0.2, -0.15) is 0 Å². The highest BCUT2D eigenvalue weighted by atomic mass is 16.3. The van der Waals surface area contributed by atoms with E-state index in [-0.39, 0.29) is 0 Å². The van der Waals surface area contributed by atoms with E-state index < -0.39 is 0 Å². The maximum atomic E-state index is 6.25. The molecule has 11 rings (SSSR count). The molecule has 0 unspecified atom stereocenters. The molecule has 0 bridgehead atoms. The molecule has 1 aromatic heterocycles. The second-order valence-electron chi connectivity index (χ2n) is 15.3. The molecule has 2 heteroatoms. The van der Waals surface area contributed by atoms with Gasteiger partial charge in [0.05, 0.1) is 5.69 Å². The summed E-state index contributed by atoms with van der Waals surface area (Å²) in [5.74, 6) is 0. The van der Waals surface area contributed by atoms with E-state index in [9.17, 15) is 0 Å². The van der Waals surface area contributed by atoms with Crippen LogP contribution in [-0.2, 0) is 0 Å². The monoisotopic (exact) mass is 765 g/mol. The molecule has 0 radical (unpaired) electrons. The van der Waals surface area contributed by atoms with E-state index >= 15 is 0 Å². The zero-order valence-corrected chi connectivity index (χ0v) is 32.9. The molecule has 0 saturated carbocycles. The average Bonchev–Trinajstić information content (AvgIpc) is 3.70. The predicted molar refractivity (Wildman–Crippen MR) is 253 cm³/mol. The van der Waals surface area contributed by atoms with Crippen molar-refractivity contribution in [1.29, 1.82) is 0 Å². The van der Waals surface area contributed by atoms with Gasteiger partial charge in [-0.25, -0.2) is 0 Å². The van der Waals surface area contributed by atoms with E-state index in [1.54, 1.807) is 0 Å². The lowest BCUT2D eigenvalue weighted by Gasteiger charge is -2.28. The van der Waals surface area contributed by atoms with Gasteiger partial charge in [0.25, 0.3) is 0 Å². The highest BCUT2D eigenvalue weighted by Gasteiger charge is 2.20. The van der Waals surface area contributed by atoms with E-state index in [4.69, 9.17) is 4.42 Å². The topological polar surface area (TPSA) is 16.4 Å². The molecule has 0 fully saturated rings. The Morgan fingerprint density at radius 3 is 1.58 bits per heavy atom. The average molecular weight is 766 g/mol. The molecule has 0 amide bonds. The highest BCUT2D eigenvalue weighted by molar-refractivity contribution is 6.07. The first-order valence-electron chi connectivity index (χ1n) is 20.5. The second kappa shape index (κ2) is 15.1. The summed E-state index contributed by atoms with van der Waals surface area (Å²) in [6.45, 7) is 0. The Hall–Kier alpha value is -7.94. The van der Waals surface area contributed by atoms with Gasteiger partial charge >= 0.3 is 0 Å². The van der Waals surface area contributed by atoms with E-state index in [1.807, 2.05) is 12.1 Å². The van der Waals surface area contributed by atoms with E-state index in [0.717, 1.165) is 55.7 Å². The smallest absolute Gasteiger partial charge is 0.135 e. The first-order valence-corrected chi connectivity index (χ1v) is 20.5. The summed E-state index contributed by atoms with van der Waals surface area (Å²) >= 11 is 0. The van der Waals surface area contributed by atoms with Crippen LogP contribution in [0.15, 0.2) is 241 Å². The summed E-state index contributed by atoms with van der Waals surface area (Å²) in [6, 6.07) is 85.0. The number of nitrogens with zero attached hydrogens (tertiary/aromatic N) is 1. The number of hydrogen-bond donors (Lipinski definition) is 0. The predicted octanol–water partition coefficient (Wildman–Crippen LogP) is 16.5. The molecule has 11 aromatic rings. The van der Waals surface area contributed by atoms with Gasteiger partial charge in [0.2, 0.25) is 0 Å². The first kappa shape index (κ1) is 35.2. The summed E-state index contributed by atoms with van der Waals surface area (Å²) in [4.78, 5) is 2.40. The molecule has 0 aliphatic rings. The summed E-state index contributed by atoms with van der Waals surface area (Å²) in [5, 5.41) is 4.71. The Labute approximate surface area is 349 Å². The number of hydrogen-bond acceptors (Lipinski definition) is 2. The largest absolute Gasteiger partial charge is 0.456 e. The molecule has 0 saturated heterocycles. The standard InChI is InChI=1S/C58H39NO/c1-2-14-40(15-3-1)41-28-30-42(31-29-41)43-32-35-47(36-33-43)59(56-26-10-8-22-51(56)46-34-37-58-55(39-46)54-24-9-11-27-57(54)60-58)48-19-12-18-45(38-48)50-21-6-7-23-52(50)53-25-13-17-44-16-4-5-20-49(44)53/h1-39H. The molecule has 282 valence electrons. The Bertz CT molecular complexity index is 3300. The molecule has 2 nitrogen and oxygen atoms in total. The number of anilines is 3. The van der Waals surface area contributed by atoms with Gasteiger partial charge < -0.3 is 9.32 Å². The third kappa shape index (κ3) is 6.41. The Morgan fingerprint density at radius 1 is 0.267 bits per heavy atom. The summed E-state index contributed by atoms with van der Waals surface area (Å²) < 4.78 is 6.25. The van der Waals surface area contributed by atoms with Crippen LogP contribution in [0.1, 0.15) is 0 Å². The molecular formula is C58H39NO. The van der Waals surface area contributed by atoms with Crippen LogP contribution in [0.4, 0.5) is 17.1 Å². The van der Waals surface area contributed by atoms with Crippen molar-refractivity contribution >= 4 is 49.8 Å². The van der Waals surface area contributed by atoms with Gasteiger partial charge in [0.1, 0.15) is 11.2 Å². The molecule has 0 N–H and O–H groups in total. The van der Waals surface area contributed by atoms with Gasteiger partial charge in [0, 0.05) is 27.7 Å². The van der Waals surface area contributed by atoms with Gasteiger partial charge in [-0.05, 0) is 109 Å². The maximum Gasteiger partial charge on any atom is 0.135 e. The number of furan rings is 1. The number of rotatable bonds is 8. The van der Waals surface area contributed by atoms with E-state index in [2.05, 4.69) is 229 Å². The van der Waals surface area contributed by atoms with Crippen LogP contribution in [0, 0.1) is 0 Å². The maximum absolute atomic E-state index is 6.25. The summed E-state index contributed by atoms with van der Waals surface area (Å²) in [5.41, 5.74) is 16.8. The third-order valence-electron chi connectivity index (χ3n) is 11.7. The lowest BCUT2D eigenvalue weighted by molar-refractivity contribution is 0.669. The van der Waals surface area contributed by atoms with Crippen molar-refractivity contribution in [2.24, 2.45) is 0 Å². The fourth-order valence-electron chi connectivity index (χ4n) is 8.76. The van der Waals surface area contributed by atoms with Crippen LogP contribution in [0.25, 0.3) is 88.3 Å². The van der Waals surface area contributed by atoms with E-state index in [1.165, 1.54) is 49.7 Å². The van der Waals surface area contributed by atoms with Crippen molar-refractivity contribution in [1.82, 2.24) is 0 Å². The van der Waals surface area contributed by atoms with Crippen LogP contribution < -0.4 is 4.90 Å². The van der Waals surface area contributed by atoms with Crippen LogP contribution in [-0.4, -0.2) is 0 Å². The Morgan fingerprint density at radius 2 is 0.783 bits per heavy atom. The molecule has 1 heterocycles. The highest BCUT2D eigenvalue weighted by Crippen LogP contribution is 2.45. The zero-order chi connectivity index (χ0) is 39.8. The fraction of sp³-hybridized carbons (Fsp3) is 0. The normalized spacial score (nSPS) is 11.3. The number of para-hydroxylation sites is 2. The summed E-state index contributed by atoms with van der Waals surface area (Å²) in [7, 11) is 0. The quantitative estimate of drug-likeness (QED) is 0.153. The van der Waals surface area contributed by atoms with Crippen LogP contribution in [0.2, 0.25) is 0 Å². The van der Waals surface area contributed by atoms with Crippen LogP contribution in [0.5, 0.6) is 0 Å². The van der Waals surface area contributed by atoms with Gasteiger partial charge in [0.15, 0.2) is 0 Å². The SMILES string of the molecule is c1ccc(-c2ccc(-c3ccc(N(c4cccc(-c5ccccc5-c5cccc6ccccc56)c4)c4ccccc4-c4ccc5oc6ccccc6c5c4)cc3)cc2)cc1. The molecule has 0 atom stereocenters. The van der Waals surface area contributed by atoms with Crippen molar-refractivity contribution in [3.8, 4) is 55.6 Å². The van der Waals surface area contributed by atoms with E-state index in [0.29, 0.717) is 0 Å². The lowest BCUT2D eigenvalue weighted by atomic mass is 9.91. The zero-order valence-electron chi connectivity index (χ0n) is 32.9. The van der Waals surface area contributed by atoms with Crippen molar-refractivity contribution < 1.29 is 4.42 Å². The molecule has 10 aromatic carbocycles. The minimum Gasteiger partial charge on any atom is -0.456 e. The van der Waals surface area contributed by atoms with Crippen molar-refractivity contribution in [3.63, 3.8) is 0 Å². The Kier molecular flexibility index (Phi) is 8.87. The minimum atomic E-state index is 0.888. The minimum absolute atomic E-state index is 0.888. The first-order chi connectivity index (χ1) is 29.7. The van der Waals surface area contributed by atoms with Crippen LogP contribution >= 0.6 is 0 Å². The Balaban J connectivity index is 1.05. The van der Waals surface area contributed by atoms with Crippen LogP contribution in [0.3, 0.4) is 0 Å². The fourth-order valence-corrected chi connectivity index (χ4v) is 8.76. The molecule has 0 aliphatic carbocycles. The summed E-state index contributed by atoms with van der Waals surface area (Å²) in [6.07, 6.45) is 0. The molecular weight excluding hydrogens is 727 g/mol. The van der Waals surface area contributed by atoms with Gasteiger partial charge in [-0.3, -0.25) is 0 Å². The number of fused-ring (bicyclic) bond motifs is 4. The molecule has 0 spiro atoms. The van der Waals surface area contributed by atoms with Crippen molar-refractivity contribution in [2.75, 3.05) is 4.90 Å². The van der Waals surface area contributed by atoms with Gasteiger partial charge in [-0.1, -0.05) is 188 Å². The van der Waals surface area contributed by atoms with Crippen molar-refractivity contribution in [2.45, 2.75) is 0 Å². The molecule has 0 aliphatic heterocycles. The van der Waals surface area contributed by atoms with Crippen molar-refractivity contribution in [3.05, 3.63) is 237 Å².